The maximum Gasteiger partial charge on any atom is 0.261 e. The minimum atomic E-state index is -3.68. The highest BCUT2D eigenvalue weighted by Crippen LogP contribution is 2.28. The quantitative estimate of drug-likeness (QED) is 0.600. The normalized spacial score (nSPS) is 14.1. The summed E-state index contributed by atoms with van der Waals surface area (Å²) in [5.74, 6) is 0.753. The number of nitrogens with zero attached hydrogens (tertiary/aromatic N) is 2. The van der Waals surface area contributed by atoms with Gasteiger partial charge in [0, 0.05) is 37.4 Å². The zero-order chi connectivity index (χ0) is 23.4. The van der Waals surface area contributed by atoms with Crippen LogP contribution in [0, 0.1) is 6.92 Å². The summed E-state index contributed by atoms with van der Waals surface area (Å²) in [5.41, 5.74) is 2.95. The molecule has 3 aromatic carbocycles. The molecule has 33 heavy (non-hydrogen) atoms. The number of piperazine rings is 1. The maximum absolute atomic E-state index is 13.0. The van der Waals surface area contributed by atoms with E-state index < -0.39 is 10.0 Å². The number of rotatable bonds is 6. The van der Waals surface area contributed by atoms with Gasteiger partial charge in [-0.05, 0) is 55.5 Å². The first-order valence-electron chi connectivity index (χ1n) is 10.7. The Morgan fingerprint density at radius 1 is 0.879 bits per heavy atom. The molecule has 0 saturated carbocycles. The van der Waals surface area contributed by atoms with Crippen LogP contribution >= 0.6 is 0 Å². The van der Waals surface area contributed by atoms with Crippen LogP contribution in [0.25, 0.3) is 0 Å². The number of para-hydroxylation sites is 2. The number of hydrogen-bond acceptors (Lipinski definition) is 5. The van der Waals surface area contributed by atoms with Crippen LogP contribution in [0.2, 0.25) is 0 Å². The predicted octanol–water partition coefficient (Wildman–Crippen LogP) is 3.77. The molecular formula is C25H27N3O4S. The Morgan fingerprint density at radius 3 is 2.15 bits per heavy atom. The predicted molar refractivity (Wildman–Crippen MR) is 130 cm³/mol. The summed E-state index contributed by atoms with van der Waals surface area (Å²) >= 11 is 0. The van der Waals surface area contributed by atoms with E-state index in [2.05, 4.69) is 9.62 Å². The molecule has 0 aromatic heterocycles. The number of carbonyl (C=O) groups excluding carboxylic acids is 1. The number of ether oxygens (including phenoxy) is 1. The Hall–Kier alpha value is -3.52. The summed E-state index contributed by atoms with van der Waals surface area (Å²) in [4.78, 5) is 17.2. The van der Waals surface area contributed by atoms with Gasteiger partial charge in [0.25, 0.3) is 15.9 Å². The second-order valence-corrected chi connectivity index (χ2v) is 9.63. The molecule has 1 amide bonds. The fraction of sp³-hybridized carbons (Fsp3) is 0.240. The lowest BCUT2D eigenvalue weighted by Crippen LogP contribution is -2.48. The van der Waals surface area contributed by atoms with Crippen molar-refractivity contribution in [3.05, 3.63) is 83.9 Å². The number of aryl methyl sites for hydroxylation is 1. The number of benzene rings is 3. The fourth-order valence-electron chi connectivity index (χ4n) is 3.84. The highest BCUT2D eigenvalue weighted by Gasteiger charge is 2.24. The summed E-state index contributed by atoms with van der Waals surface area (Å²) in [6.07, 6.45) is 0. The fourth-order valence-corrected chi connectivity index (χ4v) is 4.90. The van der Waals surface area contributed by atoms with Gasteiger partial charge in [0.05, 0.1) is 17.7 Å². The highest BCUT2D eigenvalue weighted by molar-refractivity contribution is 7.92. The van der Waals surface area contributed by atoms with Gasteiger partial charge < -0.3 is 14.5 Å². The van der Waals surface area contributed by atoms with Crippen molar-refractivity contribution in [3.63, 3.8) is 0 Å². The molecule has 0 bridgehead atoms. The Bertz CT molecular complexity index is 1220. The molecule has 1 aliphatic heterocycles. The van der Waals surface area contributed by atoms with E-state index in [1.165, 1.54) is 0 Å². The van der Waals surface area contributed by atoms with Crippen molar-refractivity contribution in [2.24, 2.45) is 0 Å². The zero-order valence-corrected chi connectivity index (χ0v) is 19.5. The van der Waals surface area contributed by atoms with Gasteiger partial charge in [-0.15, -0.1) is 0 Å². The van der Waals surface area contributed by atoms with Crippen LogP contribution in [0.5, 0.6) is 5.75 Å². The number of sulfonamides is 1. The molecule has 1 fully saturated rings. The van der Waals surface area contributed by atoms with Crippen molar-refractivity contribution in [1.29, 1.82) is 0 Å². The van der Waals surface area contributed by atoms with Crippen molar-refractivity contribution in [2.45, 2.75) is 11.8 Å². The Morgan fingerprint density at radius 2 is 1.52 bits per heavy atom. The summed E-state index contributed by atoms with van der Waals surface area (Å²) in [6.45, 7) is 4.51. The third-order valence-electron chi connectivity index (χ3n) is 5.71. The molecular weight excluding hydrogens is 438 g/mol. The lowest BCUT2D eigenvalue weighted by Gasteiger charge is -2.36. The lowest BCUT2D eigenvalue weighted by atomic mass is 10.1. The minimum Gasteiger partial charge on any atom is -0.495 e. The van der Waals surface area contributed by atoms with Crippen LogP contribution < -0.4 is 14.4 Å². The molecule has 1 saturated heterocycles. The van der Waals surface area contributed by atoms with Gasteiger partial charge in [-0.25, -0.2) is 8.42 Å². The molecule has 8 heteroatoms. The molecule has 4 rings (SSSR count). The second-order valence-electron chi connectivity index (χ2n) is 7.95. The van der Waals surface area contributed by atoms with Gasteiger partial charge in [-0.2, -0.15) is 0 Å². The minimum absolute atomic E-state index is 0.0670. The van der Waals surface area contributed by atoms with Gasteiger partial charge in [0.15, 0.2) is 0 Å². The van der Waals surface area contributed by atoms with E-state index in [1.54, 1.807) is 55.6 Å². The van der Waals surface area contributed by atoms with E-state index in [-0.39, 0.29) is 10.8 Å². The molecule has 172 valence electrons. The topological polar surface area (TPSA) is 79.0 Å². The standard InChI is InChI=1S/C25H27N3O4S/c1-19-7-13-22(14-8-19)33(30,31)26-21-11-9-20(10-12-21)25(29)28-17-15-27(16-18-28)23-5-3-4-6-24(23)32-2/h3-14,26H,15-18H2,1-2H3. The lowest BCUT2D eigenvalue weighted by molar-refractivity contribution is 0.0746. The summed E-state index contributed by atoms with van der Waals surface area (Å²) in [5, 5.41) is 0. The van der Waals surface area contributed by atoms with Crippen LogP contribution in [-0.4, -0.2) is 52.5 Å². The van der Waals surface area contributed by atoms with Crippen LogP contribution in [0.4, 0.5) is 11.4 Å². The summed E-state index contributed by atoms with van der Waals surface area (Å²) in [6, 6.07) is 21.1. The SMILES string of the molecule is COc1ccccc1N1CCN(C(=O)c2ccc(NS(=O)(=O)c3ccc(C)cc3)cc2)CC1. The maximum atomic E-state index is 13.0. The molecule has 0 atom stereocenters. The van der Waals surface area contributed by atoms with Crippen molar-refractivity contribution in [3.8, 4) is 5.75 Å². The molecule has 1 N–H and O–H groups in total. The van der Waals surface area contributed by atoms with Crippen LogP contribution in [0.1, 0.15) is 15.9 Å². The summed E-state index contributed by atoms with van der Waals surface area (Å²) in [7, 11) is -2.03. The smallest absolute Gasteiger partial charge is 0.261 e. The van der Waals surface area contributed by atoms with E-state index >= 15 is 0 Å². The van der Waals surface area contributed by atoms with E-state index in [9.17, 15) is 13.2 Å². The monoisotopic (exact) mass is 465 g/mol. The third kappa shape index (κ3) is 5.12. The Balaban J connectivity index is 1.38. The average Bonchev–Trinajstić information content (AvgIpc) is 2.84. The first-order valence-corrected chi connectivity index (χ1v) is 12.2. The first-order chi connectivity index (χ1) is 15.9. The number of nitrogens with one attached hydrogen (secondary N) is 1. The van der Waals surface area contributed by atoms with Gasteiger partial charge >= 0.3 is 0 Å². The van der Waals surface area contributed by atoms with Crippen LogP contribution in [0.15, 0.2) is 77.7 Å². The van der Waals surface area contributed by atoms with Crippen molar-refractivity contribution in [1.82, 2.24) is 4.90 Å². The van der Waals surface area contributed by atoms with Gasteiger partial charge in [0.2, 0.25) is 0 Å². The van der Waals surface area contributed by atoms with E-state index in [4.69, 9.17) is 4.74 Å². The van der Waals surface area contributed by atoms with Gasteiger partial charge in [-0.3, -0.25) is 9.52 Å². The number of anilines is 2. The zero-order valence-electron chi connectivity index (χ0n) is 18.7. The molecule has 0 aliphatic carbocycles. The number of amides is 1. The molecule has 1 heterocycles. The van der Waals surface area contributed by atoms with Crippen molar-refractivity contribution in [2.75, 3.05) is 42.9 Å². The average molecular weight is 466 g/mol. The van der Waals surface area contributed by atoms with Crippen molar-refractivity contribution < 1.29 is 17.9 Å². The molecule has 3 aromatic rings. The second kappa shape index (κ2) is 9.54. The van der Waals surface area contributed by atoms with Crippen LogP contribution in [-0.2, 0) is 10.0 Å². The molecule has 0 unspecified atom stereocenters. The number of methoxy groups -OCH3 is 1. The van der Waals surface area contributed by atoms with E-state index in [0.717, 1.165) is 17.0 Å². The highest BCUT2D eigenvalue weighted by atomic mass is 32.2. The van der Waals surface area contributed by atoms with Gasteiger partial charge in [0.1, 0.15) is 5.75 Å². The molecule has 7 nitrogen and oxygen atoms in total. The van der Waals surface area contributed by atoms with Gasteiger partial charge in [-0.1, -0.05) is 29.8 Å². The van der Waals surface area contributed by atoms with Crippen LogP contribution in [0.3, 0.4) is 0 Å². The molecule has 0 radical (unpaired) electrons. The van der Waals surface area contributed by atoms with Crippen molar-refractivity contribution >= 4 is 27.3 Å². The Kier molecular flexibility index (Phi) is 6.55. The number of hydrogen-bond donors (Lipinski definition) is 1. The molecule has 0 spiro atoms. The largest absolute Gasteiger partial charge is 0.495 e. The molecule has 1 aliphatic rings. The number of carbonyl (C=O) groups is 1. The Labute approximate surface area is 194 Å². The van der Waals surface area contributed by atoms with E-state index in [0.29, 0.717) is 37.4 Å². The summed E-state index contributed by atoms with van der Waals surface area (Å²) < 4.78 is 33.2. The first kappa shape index (κ1) is 22.7. The third-order valence-corrected chi connectivity index (χ3v) is 7.11. The van der Waals surface area contributed by atoms with E-state index in [1.807, 2.05) is 36.1 Å².